The summed E-state index contributed by atoms with van der Waals surface area (Å²) >= 11 is 3.11. The van der Waals surface area contributed by atoms with Crippen molar-refractivity contribution in [3.8, 4) is 5.75 Å². The summed E-state index contributed by atoms with van der Waals surface area (Å²) in [5.41, 5.74) is 0.470. The molecule has 0 spiro atoms. The quantitative estimate of drug-likeness (QED) is 0.772. The topological polar surface area (TPSA) is 26.3 Å². The highest BCUT2D eigenvalue weighted by atomic mass is 79.9. The molecule has 0 radical (unpaired) electrons. The first kappa shape index (κ1) is 13.5. The Morgan fingerprint density at radius 3 is 2.72 bits per heavy atom. The molecule has 0 aliphatic heterocycles. The summed E-state index contributed by atoms with van der Waals surface area (Å²) in [5, 5.41) is 0. The second-order valence-corrected chi connectivity index (χ2v) is 5.60. The third-order valence-electron chi connectivity index (χ3n) is 3.49. The van der Waals surface area contributed by atoms with E-state index >= 15 is 0 Å². The monoisotopic (exact) mass is 314 g/mol. The van der Waals surface area contributed by atoms with Crippen molar-refractivity contribution < 1.29 is 13.9 Å². The predicted molar refractivity (Wildman–Crippen MR) is 71.6 cm³/mol. The highest BCUT2D eigenvalue weighted by Gasteiger charge is 2.22. The van der Waals surface area contributed by atoms with Crippen molar-refractivity contribution in [3.05, 3.63) is 28.0 Å². The summed E-state index contributed by atoms with van der Waals surface area (Å²) < 4.78 is 18.8. The third kappa shape index (κ3) is 2.91. The first-order chi connectivity index (χ1) is 8.61. The molecular weight excluding hydrogens is 299 g/mol. The molecule has 2 nitrogen and oxygen atoms in total. The molecule has 18 heavy (non-hydrogen) atoms. The van der Waals surface area contributed by atoms with Gasteiger partial charge in [-0.1, -0.05) is 25.7 Å². The van der Waals surface area contributed by atoms with Gasteiger partial charge in [-0.3, -0.25) is 4.79 Å². The van der Waals surface area contributed by atoms with E-state index in [4.69, 9.17) is 4.74 Å². The van der Waals surface area contributed by atoms with Crippen LogP contribution in [0.5, 0.6) is 5.75 Å². The summed E-state index contributed by atoms with van der Waals surface area (Å²) in [6, 6.07) is 2.78. The van der Waals surface area contributed by atoms with Crippen molar-refractivity contribution in [1.82, 2.24) is 0 Å². The summed E-state index contributed by atoms with van der Waals surface area (Å²) in [4.78, 5) is 12.2. The summed E-state index contributed by atoms with van der Waals surface area (Å²) in [5.74, 6) is 0.424. The van der Waals surface area contributed by atoms with Gasteiger partial charge >= 0.3 is 0 Å². The van der Waals surface area contributed by atoms with E-state index < -0.39 is 5.82 Å². The molecule has 2 rings (SSSR count). The molecule has 0 bridgehead atoms. The van der Waals surface area contributed by atoms with Gasteiger partial charge in [0.25, 0.3) is 0 Å². The molecule has 1 fully saturated rings. The van der Waals surface area contributed by atoms with Gasteiger partial charge in [0.2, 0.25) is 0 Å². The second-order valence-electron chi connectivity index (χ2n) is 4.74. The van der Waals surface area contributed by atoms with Crippen LogP contribution in [0.3, 0.4) is 0 Å². The number of ketones is 1. The normalized spacial score (nSPS) is 15.9. The molecular formula is C14H16BrFO2. The molecule has 0 amide bonds. The number of methoxy groups -OCH3 is 1. The van der Waals surface area contributed by atoms with Crippen molar-refractivity contribution in [2.75, 3.05) is 7.11 Å². The summed E-state index contributed by atoms with van der Waals surface area (Å²) in [6.07, 6.45) is 5.20. The second kappa shape index (κ2) is 5.83. The van der Waals surface area contributed by atoms with E-state index in [0.717, 1.165) is 12.8 Å². The smallest absolute Gasteiger partial charge is 0.166 e. The van der Waals surface area contributed by atoms with E-state index in [1.54, 1.807) is 0 Å². The average Bonchev–Trinajstić information content (AvgIpc) is 2.84. The van der Waals surface area contributed by atoms with Crippen LogP contribution in [-0.4, -0.2) is 12.9 Å². The number of hydrogen-bond donors (Lipinski definition) is 0. The highest BCUT2D eigenvalue weighted by molar-refractivity contribution is 9.10. The fourth-order valence-corrected chi connectivity index (χ4v) is 2.85. The third-order valence-corrected chi connectivity index (χ3v) is 4.10. The Hall–Kier alpha value is -0.900. The van der Waals surface area contributed by atoms with Crippen LogP contribution in [-0.2, 0) is 0 Å². The first-order valence-electron chi connectivity index (χ1n) is 6.18. The lowest BCUT2D eigenvalue weighted by Crippen LogP contribution is -2.08. The van der Waals surface area contributed by atoms with Crippen LogP contribution >= 0.6 is 15.9 Å². The Morgan fingerprint density at radius 2 is 2.11 bits per heavy atom. The lowest BCUT2D eigenvalue weighted by atomic mass is 9.96. The summed E-state index contributed by atoms with van der Waals surface area (Å²) in [7, 11) is 1.45. The Morgan fingerprint density at radius 1 is 1.44 bits per heavy atom. The Balaban J connectivity index is 2.20. The lowest BCUT2D eigenvalue weighted by molar-refractivity contribution is 0.0959. The number of Topliss-reactive ketones (excluding diaryl/α,β-unsaturated/α-hetero) is 1. The van der Waals surface area contributed by atoms with Crippen molar-refractivity contribution in [2.24, 2.45) is 5.92 Å². The molecule has 0 N–H and O–H groups in total. The zero-order valence-corrected chi connectivity index (χ0v) is 11.9. The average molecular weight is 315 g/mol. The van der Waals surface area contributed by atoms with Crippen LogP contribution in [0.15, 0.2) is 16.6 Å². The zero-order chi connectivity index (χ0) is 13.1. The highest BCUT2D eigenvalue weighted by Crippen LogP contribution is 2.32. The lowest BCUT2D eigenvalue weighted by Gasteiger charge is -2.11. The van der Waals surface area contributed by atoms with E-state index in [1.165, 1.54) is 32.1 Å². The van der Waals surface area contributed by atoms with Gasteiger partial charge in [-0.05, 0) is 27.9 Å². The van der Waals surface area contributed by atoms with Crippen molar-refractivity contribution >= 4 is 21.7 Å². The van der Waals surface area contributed by atoms with Gasteiger partial charge in [0, 0.05) is 12.5 Å². The first-order valence-corrected chi connectivity index (χ1v) is 6.97. The number of halogens is 2. The van der Waals surface area contributed by atoms with Crippen LogP contribution in [0.2, 0.25) is 0 Å². The molecule has 1 aromatic carbocycles. The number of rotatable bonds is 4. The van der Waals surface area contributed by atoms with E-state index in [1.807, 2.05) is 0 Å². The Kier molecular flexibility index (Phi) is 4.38. The van der Waals surface area contributed by atoms with Gasteiger partial charge in [-0.2, -0.15) is 0 Å². The van der Waals surface area contributed by atoms with Crippen LogP contribution < -0.4 is 4.74 Å². The maximum absolute atomic E-state index is 13.4. The molecule has 1 aromatic rings. The van der Waals surface area contributed by atoms with Gasteiger partial charge in [0.1, 0.15) is 11.6 Å². The molecule has 1 saturated carbocycles. The van der Waals surface area contributed by atoms with Crippen molar-refractivity contribution in [3.63, 3.8) is 0 Å². The fraction of sp³-hybridized carbons (Fsp3) is 0.500. The Bertz CT molecular complexity index is 453. The number of benzene rings is 1. The molecule has 0 saturated heterocycles. The molecule has 0 atom stereocenters. The van der Waals surface area contributed by atoms with Gasteiger partial charge in [0.15, 0.2) is 5.78 Å². The fourth-order valence-electron chi connectivity index (χ4n) is 2.50. The maximum atomic E-state index is 13.4. The molecule has 98 valence electrons. The minimum Gasteiger partial charge on any atom is -0.496 e. The van der Waals surface area contributed by atoms with E-state index in [-0.39, 0.29) is 5.78 Å². The molecule has 0 heterocycles. The SMILES string of the molecule is COc1cc(F)c(Br)cc1C(=O)CC1CCCC1. The van der Waals surface area contributed by atoms with Gasteiger partial charge < -0.3 is 4.74 Å². The minimum absolute atomic E-state index is 0.0412. The molecule has 1 aliphatic rings. The van der Waals surface area contributed by atoms with Gasteiger partial charge in [0.05, 0.1) is 17.1 Å². The number of carbonyl (C=O) groups excluding carboxylic acids is 1. The Labute approximate surface area is 115 Å². The van der Waals surface area contributed by atoms with Crippen LogP contribution in [0.1, 0.15) is 42.5 Å². The molecule has 1 aliphatic carbocycles. The van der Waals surface area contributed by atoms with Crippen molar-refractivity contribution in [1.29, 1.82) is 0 Å². The zero-order valence-electron chi connectivity index (χ0n) is 10.3. The molecule has 0 unspecified atom stereocenters. The number of hydrogen-bond acceptors (Lipinski definition) is 2. The van der Waals surface area contributed by atoms with Crippen molar-refractivity contribution in [2.45, 2.75) is 32.1 Å². The van der Waals surface area contributed by atoms with E-state index in [2.05, 4.69) is 15.9 Å². The van der Waals surface area contributed by atoms with Crippen LogP contribution in [0.4, 0.5) is 4.39 Å². The summed E-state index contributed by atoms with van der Waals surface area (Å²) in [6.45, 7) is 0. The molecule has 4 heteroatoms. The molecule has 0 aromatic heterocycles. The van der Waals surface area contributed by atoms with Crippen LogP contribution in [0, 0.1) is 11.7 Å². The predicted octanol–water partition coefficient (Wildman–Crippen LogP) is 4.36. The van der Waals surface area contributed by atoms with Crippen LogP contribution in [0.25, 0.3) is 0 Å². The number of ether oxygens (including phenoxy) is 1. The van der Waals surface area contributed by atoms with Gasteiger partial charge in [-0.25, -0.2) is 4.39 Å². The largest absolute Gasteiger partial charge is 0.496 e. The maximum Gasteiger partial charge on any atom is 0.166 e. The number of carbonyl (C=O) groups is 1. The van der Waals surface area contributed by atoms with Gasteiger partial charge in [-0.15, -0.1) is 0 Å². The minimum atomic E-state index is -0.413. The standard InChI is InChI=1S/C14H16BrFO2/c1-18-14-8-12(16)11(15)7-10(14)13(17)6-9-4-2-3-5-9/h7-9H,2-6H2,1H3. The van der Waals surface area contributed by atoms with E-state index in [0.29, 0.717) is 28.1 Å². The van der Waals surface area contributed by atoms with E-state index in [9.17, 15) is 9.18 Å².